The largest absolute Gasteiger partial charge is 0.425 e. The lowest BCUT2D eigenvalue weighted by atomic mass is 9.96. The standard InChI is InChI=1S/C8H3ClF12/c9-2(1-10)3(11)5(13,14)8(20,21)6(15,16)4(12)7(17,18)19/h1,3-4H. The number of allylic oxidation sites excluding steroid dienone is 1. The van der Waals surface area contributed by atoms with Crippen molar-refractivity contribution in [1.82, 2.24) is 0 Å². The van der Waals surface area contributed by atoms with Crippen LogP contribution in [0.4, 0.5) is 52.7 Å². The maximum Gasteiger partial charge on any atom is 0.425 e. The van der Waals surface area contributed by atoms with Gasteiger partial charge in [-0.25, -0.2) is 13.2 Å². The third-order valence-electron chi connectivity index (χ3n) is 2.11. The summed E-state index contributed by atoms with van der Waals surface area (Å²) in [5.74, 6) is -20.8. The van der Waals surface area contributed by atoms with Crippen LogP contribution in [0.1, 0.15) is 0 Å². The maximum atomic E-state index is 12.8. The first-order valence-corrected chi connectivity index (χ1v) is 4.87. The predicted molar refractivity (Wildman–Crippen MR) is 45.7 cm³/mol. The first-order valence-electron chi connectivity index (χ1n) is 4.49. The Morgan fingerprint density at radius 1 is 0.810 bits per heavy atom. The highest BCUT2D eigenvalue weighted by Gasteiger charge is 2.80. The summed E-state index contributed by atoms with van der Waals surface area (Å²) in [6.07, 6.45) is -18.2. The minimum atomic E-state index is -7.16. The van der Waals surface area contributed by atoms with Gasteiger partial charge in [0.15, 0.2) is 0 Å². The lowest BCUT2D eigenvalue weighted by molar-refractivity contribution is -0.362. The van der Waals surface area contributed by atoms with Gasteiger partial charge in [0.25, 0.3) is 6.17 Å². The number of rotatable bonds is 5. The second kappa shape index (κ2) is 5.76. The molecule has 0 N–H and O–H groups in total. The van der Waals surface area contributed by atoms with Crippen molar-refractivity contribution >= 4 is 11.6 Å². The van der Waals surface area contributed by atoms with Crippen LogP contribution >= 0.6 is 11.6 Å². The summed E-state index contributed by atoms with van der Waals surface area (Å²) < 4.78 is 148. The molecule has 0 aliphatic carbocycles. The smallest absolute Gasteiger partial charge is 0.234 e. The minimum absolute atomic E-state index is 1.20. The van der Waals surface area contributed by atoms with E-state index in [9.17, 15) is 52.7 Å². The van der Waals surface area contributed by atoms with E-state index in [4.69, 9.17) is 0 Å². The molecule has 2 unspecified atom stereocenters. The molecule has 0 bridgehead atoms. The van der Waals surface area contributed by atoms with E-state index in [-0.39, 0.29) is 0 Å². The SMILES string of the molecule is FC=C(Cl)C(F)C(F)(F)C(F)(F)C(F)(F)C(F)C(F)(F)F. The van der Waals surface area contributed by atoms with Crippen LogP contribution in [0.2, 0.25) is 0 Å². The van der Waals surface area contributed by atoms with Crippen LogP contribution in [0.5, 0.6) is 0 Å². The number of halogens is 13. The fourth-order valence-electron chi connectivity index (χ4n) is 0.975. The fraction of sp³-hybridized carbons (Fsp3) is 0.750. The molecule has 0 aromatic carbocycles. The van der Waals surface area contributed by atoms with E-state index >= 15 is 0 Å². The van der Waals surface area contributed by atoms with Gasteiger partial charge < -0.3 is 0 Å². The summed E-state index contributed by atoms with van der Waals surface area (Å²) in [7, 11) is 0. The molecule has 0 radical (unpaired) electrons. The Hall–Kier alpha value is -0.810. The Labute approximate surface area is 113 Å². The van der Waals surface area contributed by atoms with Crippen molar-refractivity contribution < 1.29 is 52.7 Å². The summed E-state index contributed by atoms with van der Waals surface area (Å²) in [5.41, 5.74) is 0. The molecule has 13 heteroatoms. The monoisotopic (exact) mass is 362 g/mol. The first-order chi connectivity index (χ1) is 9.05. The van der Waals surface area contributed by atoms with Gasteiger partial charge in [0.2, 0.25) is 6.17 Å². The van der Waals surface area contributed by atoms with Crippen molar-refractivity contribution in [2.45, 2.75) is 36.3 Å². The third kappa shape index (κ3) is 3.34. The molecule has 0 aromatic heterocycles. The first kappa shape index (κ1) is 20.2. The molecule has 0 aliphatic heterocycles. The average molecular weight is 363 g/mol. The topological polar surface area (TPSA) is 0 Å². The molecule has 0 fully saturated rings. The van der Waals surface area contributed by atoms with E-state index in [0.29, 0.717) is 0 Å². The van der Waals surface area contributed by atoms with Crippen LogP contribution in [0.25, 0.3) is 0 Å². The summed E-state index contributed by atoms with van der Waals surface area (Å²) in [5, 5.41) is -2.32. The lowest BCUT2D eigenvalue weighted by Crippen LogP contribution is -2.64. The van der Waals surface area contributed by atoms with Gasteiger partial charge >= 0.3 is 23.9 Å². The Morgan fingerprint density at radius 3 is 1.48 bits per heavy atom. The van der Waals surface area contributed by atoms with Crippen LogP contribution in [-0.4, -0.2) is 36.3 Å². The third-order valence-corrected chi connectivity index (χ3v) is 2.38. The van der Waals surface area contributed by atoms with Crippen LogP contribution in [0.3, 0.4) is 0 Å². The Kier molecular flexibility index (Phi) is 5.54. The zero-order valence-corrected chi connectivity index (χ0v) is 9.90. The van der Waals surface area contributed by atoms with Gasteiger partial charge in [0.05, 0.1) is 5.03 Å². The quantitative estimate of drug-likeness (QED) is 0.591. The normalized spacial score (nSPS) is 18.6. The van der Waals surface area contributed by atoms with E-state index in [1.807, 2.05) is 0 Å². The van der Waals surface area contributed by atoms with Gasteiger partial charge in [-0.1, -0.05) is 11.6 Å². The van der Waals surface area contributed by atoms with E-state index < -0.39 is 47.6 Å². The maximum absolute atomic E-state index is 12.8. The highest BCUT2D eigenvalue weighted by Crippen LogP contribution is 2.53. The van der Waals surface area contributed by atoms with Crippen LogP contribution in [0.15, 0.2) is 11.4 Å². The van der Waals surface area contributed by atoms with E-state index in [1.54, 1.807) is 0 Å². The highest BCUT2D eigenvalue weighted by molar-refractivity contribution is 6.30. The van der Waals surface area contributed by atoms with Gasteiger partial charge in [-0.15, -0.1) is 0 Å². The van der Waals surface area contributed by atoms with Gasteiger partial charge in [0, 0.05) is 0 Å². The molecule has 0 heterocycles. The molecule has 0 nitrogen and oxygen atoms in total. The Balaban J connectivity index is 5.84. The second-order valence-electron chi connectivity index (χ2n) is 3.58. The van der Waals surface area contributed by atoms with E-state index in [1.165, 1.54) is 0 Å². The van der Waals surface area contributed by atoms with Crippen molar-refractivity contribution in [1.29, 1.82) is 0 Å². The van der Waals surface area contributed by atoms with Gasteiger partial charge in [-0.3, -0.25) is 0 Å². The number of alkyl halides is 11. The van der Waals surface area contributed by atoms with Crippen molar-refractivity contribution in [3.63, 3.8) is 0 Å². The predicted octanol–water partition coefficient (Wildman–Crippen LogP) is 5.18. The molecular weight excluding hydrogens is 360 g/mol. The molecule has 0 aliphatic rings. The zero-order valence-electron chi connectivity index (χ0n) is 9.15. The summed E-state index contributed by atoms with van der Waals surface area (Å²) in [6.45, 7) is 0. The molecule has 0 rings (SSSR count). The molecule has 126 valence electrons. The van der Waals surface area contributed by atoms with Crippen molar-refractivity contribution in [3.8, 4) is 0 Å². The van der Waals surface area contributed by atoms with Gasteiger partial charge in [0.1, 0.15) is 6.33 Å². The van der Waals surface area contributed by atoms with E-state index in [0.717, 1.165) is 0 Å². The summed E-state index contributed by atoms with van der Waals surface area (Å²) in [6, 6.07) is 0. The summed E-state index contributed by atoms with van der Waals surface area (Å²) >= 11 is 4.36. The average Bonchev–Trinajstić information content (AvgIpc) is 2.34. The van der Waals surface area contributed by atoms with Crippen LogP contribution in [0, 0.1) is 0 Å². The molecule has 2 atom stereocenters. The van der Waals surface area contributed by atoms with Crippen molar-refractivity contribution in [2.24, 2.45) is 0 Å². The number of hydrogen-bond acceptors (Lipinski definition) is 0. The minimum Gasteiger partial charge on any atom is -0.234 e. The zero-order chi connectivity index (χ0) is 17.4. The fourth-order valence-corrected chi connectivity index (χ4v) is 1.11. The molecule has 21 heavy (non-hydrogen) atoms. The van der Waals surface area contributed by atoms with Crippen LogP contribution < -0.4 is 0 Å². The highest BCUT2D eigenvalue weighted by atomic mass is 35.5. The second-order valence-corrected chi connectivity index (χ2v) is 4.02. The molecule has 0 aromatic rings. The molecular formula is C8H3ClF12. The molecule has 0 saturated carbocycles. The van der Waals surface area contributed by atoms with Crippen molar-refractivity contribution in [3.05, 3.63) is 11.4 Å². The Morgan fingerprint density at radius 2 is 1.19 bits per heavy atom. The van der Waals surface area contributed by atoms with Gasteiger partial charge in [-0.05, 0) is 0 Å². The Bertz CT molecular complexity index is 397. The lowest BCUT2D eigenvalue weighted by Gasteiger charge is -2.35. The van der Waals surface area contributed by atoms with Gasteiger partial charge in [-0.2, -0.15) is 39.5 Å². The van der Waals surface area contributed by atoms with Crippen molar-refractivity contribution in [2.75, 3.05) is 0 Å². The molecule has 0 saturated heterocycles. The number of hydrogen-bond donors (Lipinski definition) is 0. The van der Waals surface area contributed by atoms with E-state index in [2.05, 4.69) is 11.6 Å². The molecule has 0 amide bonds. The van der Waals surface area contributed by atoms with Crippen LogP contribution in [-0.2, 0) is 0 Å². The summed E-state index contributed by atoms with van der Waals surface area (Å²) in [4.78, 5) is 0. The molecule has 0 spiro atoms.